The molecule has 0 spiro atoms. The zero-order valence-corrected chi connectivity index (χ0v) is 21.4. The van der Waals surface area contributed by atoms with E-state index >= 15 is 0 Å². The van der Waals surface area contributed by atoms with E-state index in [9.17, 15) is 27.2 Å². The van der Waals surface area contributed by atoms with Crippen molar-refractivity contribution >= 4 is 62.7 Å². The predicted molar refractivity (Wildman–Crippen MR) is 139 cm³/mol. The van der Waals surface area contributed by atoms with Gasteiger partial charge in [-0.05, 0) is 82.8 Å². The van der Waals surface area contributed by atoms with E-state index in [-0.39, 0.29) is 23.8 Å². The number of hydrogen-bond donors (Lipinski definition) is 1. The average molecular weight is 627 g/mol. The Bertz CT molecular complexity index is 1300. The third-order valence-corrected chi connectivity index (χ3v) is 7.10. The molecule has 5 nitrogen and oxygen atoms in total. The van der Waals surface area contributed by atoms with E-state index < -0.39 is 34.6 Å². The number of thioether (sulfide) groups is 1. The zero-order valence-electron chi connectivity index (χ0n) is 18.4. The van der Waals surface area contributed by atoms with Crippen LogP contribution in [0.25, 0.3) is 0 Å². The van der Waals surface area contributed by atoms with Gasteiger partial charge in [-0.25, -0.2) is 9.38 Å². The maximum Gasteiger partial charge on any atom is 0.416 e. The van der Waals surface area contributed by atoms with Crippen molar-refractivity contribution in [3.8, 4) is 0 Å². The van der Waals surface area contributed by atoms with Crippen LogP contribution in [0.15, 0.2) is 77.8 Å². The van der Waals surface area contributed by atoms with E-state index in [1.165, 1.54) is 41.3 Å². The van der Waals surface area contributed by atoms with Gasteiger partial charge in [-0.3, -0.25) is 14.5 Å². The van der Waals surface area contributed by atoms with E-state index in [0.29, 0.717) is 11.3 Å². The Kier molecular flexibility index (Phi) is 7.98. The number of amides is 2. The molecule has 2 amide bonds. The molecule has 0 radical (unpaired) electrons. The van der Waals surface area contributed by atoms with E-state index in [4.69, 9.17) is 0 Å². The van der Waals surface area contributed by atoms with E-state index in [1.54, 1.807) is 12.1 Å². The largest absolute Gasteiger partial charge is 0.416 e. The highest BCUT2D eigenvalue weighted by molar-refractivity contribution is 14.1. The molecule has 1 aliphatic rings. The first-order valence-corrected chi connectivity index (χ1v) is 12.6. The van der Waals surface area contributed by atoms with Crippen molar-refractivity contribution in [2.75, 3.05) is 5.32 Å². The number of amidine groups is 1. The lowest BCUT2D eigenvalue weighted by Crippen LogP contribution is -2.44. The van der Waals surface area contributed by atoms with Crippen LogP contribution in [0, 0.1) is 9.39 Å². The third kappa shape index (κ3) is 6.64. The topological polar surface area (TPSA) is 61.8 Å². The number of anilines is 1. The van der Waals surface area contributed by atoms with Gasteiger partial charge in [0, 0.05) is 15.7 Å². The van der Waals surface area contributed by atoms with E-state index in [2.05, 4.69) is 32.9 Å². The maximum absolute atomic E-state index is 13.3. The Morgan fingerprint density at radius 3 is 2.44 bits per heavy atom. The second-order valence-electron chi connectivity index (χ2n) is 7.86. The first-order chi connectivity index (χ1) is 17.1. The van der Waals surface area contributed by atoms with Crippen LogP contribution in [0.3, 0.4) is 0 Å². The minimum Gasteiger partial charge on any atom is -0.325 e. The minimum absolute atomic E-state index is 0.0112. The fourth-order valence-electron chi connectivity index (χ4n) is 3.39. The van der Waals surface area contributed by atoms with Crippen molar-refractivity contribution in [3.05, 3.63) is 93.3 Å². The summed E-state index contributed by atoms with van der Waals surface area (Å²) in [5, 5.41) is 2.00. The highest BCUT2D eigenvalue weighted by atomic mass is 127. The summed E-state index contributed by atoms with van der Waals surface area (Å²) in [5.74, 6) is -1.29. The third-order valence-electron chi connectivity index (χ3n) is 5.20. The molecule has 4 rings (SSSR count). The molecule has 3 aromatic carbocycles. The van der Waals surface area contributed by atoms with Gasteiger partial charge in [0.15, 0.2) is 5.17 Å². The summed E-state index contributed by atoms with van der Waals surface area (Å²) in [7, 11) is 0. The van der Waals surface area contributed by atoms with Gasteiger partial charge >= 0.3 is 6.18 Å². The average Bonchev–Trinajstić information content (AvgIpc) is 2.83. The second-order valence-corrected chi connectivity index (χ2v) is 10.3. The normalized spacial score (nSPS) is 17.4. The molecule has 36 heavy (non-hydrogen) atoms. The molecule has 11 heteroatoms. The number of nitrogens with zero attached hydrogens (tertiary/aromatic N) is 2. The molecule has 1 heterocycles. The summed E-state index contributed by atoms with van der Waals surface area (Å²) in [6.07, 6.45) is -4.70. The van der Waals surface area contributed by atoms with Crippen molar-refractivity contribution in [1.82, 2.24) is 4.90 Å². The van der Waals surface area contributed by atoms with Gasteiger partial charge in [0.2, 0.25) is 11.8 Å². The number of hydrogen-bond acceptors (Lipinski definition) is 4. The SMILES string of the molecule is O=C(Nc1ccc(I)cc1)C1CC(=O)N(Cc2ccc(F)cc2)C(=Nc2cccc(C(F)(F)F)c2)S1. The van der Waals surface area contributed by atoms with Gasteiger partial charge in [-0.2, -0.15) is 13.2 Å². The van der Waals surface area contributed by atoms with E-state index in [1.807, 2.05) is 12.1 Å². The van der Waals surface area contributed by atoms with Gasteiger partial charge in [0.25, 0.3) is 0 Å². The minimum atomic E-state index is -4.56. The Hall–Kier alpha value is -2.93. The molecule has 1 fully saturated rings. The summed E-state index contributed by atoms with van der Waals surface area (Å²) in [5.41, 5.74) is 0.264. The highest BCUT2D eigenvalue weighted by Gasteiger charge is 2.36. The number of benzene rings is 3. The lowest BCUT2D eigenvalue weighted by atomic mass is 10.2. The Morgan fingerprint density at radius 1 is 1.08 bits per heavy atom. The van der Waals surface area contributed by atoms with Crippen LogP contribution in [0.4, 0.5) is 28.9 Å². The number of aliphatic imine (C=N–C) groups is 1. The number of nitrogens with one attached hydrogen (secondary N) is 1. The van der Waals surface area contributed by atoms with Crippen LogP contribution < -0.4 is 5.32 Å². The van der Waals surface area contributed by atoms with Gasteiger partial charge in [0.1, 0.15) is 11.1 Å². The predicted octanol–water partition coefficient (Wildman–Crippen LogP) is 6.61. The molecule has 1 atom stereocenters. The number of alkyl halides is 3. The van der Waals surface area contributed by atoms with Crippen LogP contribution >= 0.6 is 34.4 Å². The van der Waals surface area contributed by atoms with Gasteiger partial charge in [0.05, 0.1) is 17.8 Å². The zero-order chi connectivity index (χ0) is 25.9. The molecule has 1 unspecified atom stereocenters. The summed E-state index contributed by atoms with van der Waals surface area (Å²) >= 11 is 3.13. The molecule has 0 bridgehead atoms. The molecule has 0 aliphatic carbocycles. The fraction of sp³-hybridized carbons (Fsp3) is 0.160. The highest BCUT2D eigenvalue weighted by Crippen LogP contribution is 2.34. The lowest BCUT2D eigenvalue weighted by Gasteiger charge is -2.32. The van der Waals surface area contributed by atoms with Crippen LogP contribution in [0.5, 0.6) is 0 Å². The van der Waals surface area contributed by atoms with Gasteiger partial charge in [-0.15, -0.1) is 0 Å². The number of carbonyl (C=O) groups excluding carboxylic acids is 2. The summed E-state index contributed by atoms with van der Waals surface area (Å²) < 4.78 is 53.9. The second kappa shape index (κ2) is 11.0. The van der Waals surface area contributed by atoms with Crippen molar-refractivity contribution in [2.45, 2.75) is 24.4 Å². The number of halogens is 5. The fourth-order valence-corrected chi connectivity index (χ4v) is 4.84. The first-order valence-electron chi connectivity index (χ1n) is 10.6. The van der Waals surface area contributed by atoms with Crippen LogP contribution in [-0.2, 0) is 22.3 Å². The smallest absolute Gasteiger partial charge is 0.325 e. The molecule has 0 saturated carbocycles. The van der Waals surface area contributed by atoms with Crippen LogP contribution in [0.2, 0.25) is 0 Å². The lowest BCUT2D eigenvalue weighted by molar-refractivity contribution is -0.137. The standard InChI is InChI=1S/C25H18F4IN3O2S/c26-17-6-4-15(5-7-17)14-33-22(34)13-21(23(35)31-19-10-8-18(30)9-11-19)36-24(33)32-20-3-1-2-16(12-20)25(27,28)29/h1-12,21H,13-14H2,(H,31,35). The summed E-state index contributed by atoms with van der Waals surface area (Å²) in [4.78, 5) is 31.7. The molecule has 1 aliphatic heterocycles. The maximum atomic E-state index is 13.3. The van der Waals surface area contributed by atoms with Gasteiger partial charge < -0.3 is 5.32 Å². The molecule has 0 aromatic heterocycles. The van der Waals surface area contributed by atoms with Crippen molar-refractivity contribution in [2.24, 2.45) is 4.99 Å². The molecule has 1 saturated heterocycles. The Balaban J connectivity index is 1.64. The monoisotopic (exact) mass is 627 g/mol. The molecule has 186 valence electrons. The van der Waals surface area contributed by atoms with Crippen LogP contribution in [0.1, 0.15) is 17.5 Å². The molecule has 3 aromatic rings. The summed E-state index contributed by atoms with van der Waals surface area (Å²) in [6, 6.07) is 17.0. The van der Waals surface area contributed by atoms with Crippen molar-refractivity contribution < 1.29 is 27.2 Å². The number of carbonyl (C=O) groups is 2. The first kappa shape index (κ1) is 26.1. The molecular weight excluding hydrogens is 609 g/mol. The Labute approximate surface area is 222 Å². The van der Waals surface area contributed by atoms with Gasteiger partial charge in [-0.1, -0.05) is 30.0 Å². The number of rotatable bonds is 5. The quantitative estimate of drug-likeness (QED) is 0.256. The molecule has 1 N–H and O–H groups in total. The van der Waals surface area contributed by atoms with Crippen molar-refractivity contribution in [3.63, 3.8) is 0 Å². The molecular formula is C25H18F4IN3O2S. The van der Waals surface area contributed by atoms with Crippen LogP contribution in [-0.4, -0.2) is 27.1 Å². The van der Waals surface area contributed by atoms with E-state index in [0.717, 1.165) is 27.5 Å². The Morgan fingerprint density at radius 2 is 1.78 bits per heavy atom. The van der Waals surface area contributed by atoms with Crippen molar-refractivity contribution in [1.29, 1.82) is 0 Å². The summed E-state index contributed by atoms with van der Waals surface area (Å²) in [6.45, 7) is 0.0232.